The molecule has 0 aliphatic carbocycles. The first-order valence-corrected chi connectivity index (χ1v) is 7.67. The van der Waals surface area contributed by atoms with Crippen LogP contribution in [-0.4, -0.2) is 37.0 Å². The molecule has 0 aliphatic rings. The van der Waals surface area contributed by atoms with Gasteiger partial charge in [-0.15, -0.1) is 11.3 Å². The number of nitrogens with one attached hydrogen (secondary N) is 1. The van der Waals surface area contributed by atoms with Crippen molar-refractivity contribution >= 4 is 17.2 Å². The molecule has 0 spiro atoms. The number of primary amides is 1. The van der Waals surface area contributed by atoms with Crippen molar-refractivity contribution in [3.8, 4) is 0 Å². The van der Waals surface area contributed by atoms with Crippen molar-refractivity contribution < 1.29 is 4.79 Å². The van der Waals surface area contributed by atoms with E-state index in [0.717, 1.165) is 24.5 Å². The number of nitrogens with zero attached hydrogens (tertiary/aromatic N) is 1. The molecule has 0 radical (unpaired) electrons. The maximum Gasteiger partial charge on any atom is 0.249 e. The van der Waals surface area contributed by atoms with Crippen LogP contribution in [0.15, 0.2) is 11.4 Å². The molecule has 0 saturated heterocycles. The smallest absolute Gasteiger partial charge is 0.249 e. The van der Waals surface area contributed by atoms with Gasteiger partial charge in [0, 0.05) is 22.8 Å². The van der Waals surface area contributed by atoms with Gasteiger partial charge in [0.15, 0.2) is 0 Å². The highest BCUT2D eigenvalue weighted by Crippen LogP contribution is 2.13. The van der Waals surface area contributed by atoms with Crippen LogP contribution >= 0.6 is 11.3 Å². The number of carbonyl (C=O) groups excluding carboxylic acids is 1. The average molecular weight is 283 g/mol. The molecule has 4 nitrogen and oxygen atoms in total. The van der Waals surface area contributed by atoms with E-state index in [9.17, 15) is 4.79 Å². The van der Waals surface area contributed by atoms with Crippen LogP contribution in [0.25, 0.3) is 0 Å². The van der Waals surface area contributed by atoms with Gasteiger partial charge >= 0.3 is 0 Å². The van der Waals surface area contributed by atoms with Gasteiger partial charge in [0.25, 0.3) is 0 Å². The zero-order valence-electron chi connectivity index (χ0n) is 12.1. The normalized spacial score (nSPS) is 11.4. The summed E-state index contributed by atoms with van der Waals surface area (Å²) < 4.78 is 0. The number of hydrogen-bond acceptors (Lipinski definition) is 4. The van der Waals surface area contributed by atoms with Crippen LogP contribution in [0.5, 0.6) is 0 Å². The van der Waals surface area contributed by atoms with E-state index in [1.165, 1.54) is 12.8 Å². The third-order valence-electron chi connectivity index (χ3n) is 3.23. The highest BCUT2D eigenvalue weighted by molar-refractivity contribution is 7.10. The molecule has 1 heterocycles. The number of amides is 1. The van der Waals surface area contributed by atoms with Crippen LogP contribution in [0, 0.1) is 0 Å². The standard InChI is InChI=1S/C14H25N3OS/c1-11(2)17(3)7-5-4-6-16-9-13-8-12(10-19-13)14(15)18/h8,10-11,16H,4-7,9H2,1-3H3,(H2,15,18). The summed E-state index contributed by atoms with van der Waals surface area (Å²) >= 11 is 1.58. The van der Waals surface area contributed by atoms with Gasteiger partial charge in [-0.2, -0.15) is 0 Å². The van der Waals surface area contributed by atoms with Crippen LogP contribution in [0.3, 0.4) is 0 Å². The number of carbonyl (C=O) groups is 1. The van der Waals surface area contributed by atoms with E-state index < -0.39 is 0 Å². The Morgan fingerprint density at radius 2 is 2.21 bits per heavy atom. The van der Waals surface area contributed by atoms with E-state index in [1.807, 2.05) is 11.4 Å². The highest BCUT2D eigenvalue weighted by Gasteiger charge is 2.04. The number of thiophene rings is 1. The fourth-order valence-corrected chi connectivity index (χ4v) is 2.53. The van der Waals surface area contributed by atoms with E-state index >= 15 is 0 Å². The first-order chi connectivity index (χ1) is 9.00. The predicted octanol–water partition coefficient (Wildman–Crippen LogP) is 2.06. The van der Waals surface area contributed by atoms with Crippen LogP contribution in [0.1, 0.15) is 41.9 Å². The largest absolute Gasteiger partial charge is 0.366 e. The van der Waals surface area contributed by atoms with Gasteiger partial charge in [-0.1, -0.05) is 0 Å². The fraction of sp³-hybridized carbons (Fsp3) is 0.643. The van der Waals surface area contributed by atoms with Crippen molar-refractivity contribution in [1.82, 2.24) is 10.2 Å². The van der Waals surface area contributed by atoms with Crippen LogP contribution < -0.4 is 11.1 Å². The van der Waals surface area contributed by atoms with Crippen molar-refractivity contribution in [3.05, 3.63) is 21.9 Å². The van der Waals surface area contributed by atoms with E-state index in [1.54, 1.807) is 11.3 Å². The molecule has 1 aromatic rings. The van der Waals surface area contributed by atoms with E-state index in [0.29, 0.717) is 11.6 Å². The molecule has 0 bridgehead atoms. The molecule has 3 N–H and O–H groups in total. The summed E-state index contributed by atoms with van der Waals surface area (Å²) in [5, 5.41) is 5.21. The molecule has 0 saturated carbocycles. The molecule has 0 unspecified atom stereocenters. The van der Waals surface area contributed by atoms with Crippen molar-refractivity contribution in [3.63, 3.8) is 0 Å². The van der Waals surface area contributed by atoms with E-state index in [2.05, 4.69) is 31.1 Å². The van der Waals surface area contributed by atoms with Gasteiger partial charge in [0.2, 0.25) is 5.91 Å². The first kappa shape index (κ1) is 16.1. The Kier molecular flexibility index (Phi) is 7.05. The van der Waals surface area contributed by atoms with Crippen LogP contribution in [0.4, 0.5) is 0 Å². The molecule has 0 fully saturated rings. The molecule has 5 heteroatoms. The highest BCUT2D eigenvalue weighted by atomic mass is 32.1. The first-order valence-electron chi connectivity index (χ1n) is 6.79. The van der Waals surface area contributed by atoms with Crippen molar-refractivity contribution in [2.45, 2.75) is 39.3 Å². The summed E-state index contributed by atoms with van der Waals surface area (Å²) in [5.74, 6) is -0.348. The Morgan fingerprint density at radius 3 is 2.79 bits per heavy atom. The zero-order chi connectivity index (χ0) is 14.3. The van der Waals surface area contributed by atoms with Crippen molar-refractivity contribution in [2.24, 2.45) is 5.73 Å². The van der Waals surface area contributed by atoms with Crippen molar-refractivity contribution in [1.29, 1.82) is 0 Å². The quantitative estimate of drug-likeness (QED) is 0.682. The summed E-state index contributed by atoms with van der Waals surface area (Å²) in [7, 11) is 2.16. The molecule has 108 valence electrons. The Bertz CT molecular complexity index is 390. The van der Waals surface area contributed by atoms with Crippen molar-refractivity contribution in [2.75, 3.05) is 20.1 Å². The molecule has 1 amide bonds. The van der Waals surface area contributed by atoms with Gasteiger partial charge in [0.1, 0.15) is 0 Å². The van der Waals surface area contributed by atoms with Crippen LogP contribution in [0.2, 0.25) is 0 Å². The molecule has 0 atom stereocenters. The number of hydrogen-bond donors (Lipinski definition) is 2. The lowest BCUT2D eigenvalue weighted by Gasteiger charge is -2.20. The van der Waals surface area contributed by atoms with E-state index in [4.69, 9.17) is 5.73 Å². The third kappa shape index (κ3) is 6.18. The Hall–Kier alpha value is -0.910. The van der Waals surface area contributed by atoms with Gasteiger partial charge in [-0.05, 0) is 52.9 Å². The molecule has 0 aliphatic heterocycles. The zero-order valence-corrected chi connectivity index (χ0v) is 12.9. The minimum absolute atomic E-state index is 0.348. The lowest BCUT2D eigenvalue weighted by atomic mass is 10.2. The Labute approximate surface area is 120 Å². The molecule has 19 heavy (non-hydrogen) atoms. The third-order valence-corrected chi connectivity index (χ3v) is 4.17. The lowest BCUT2D eigenvalue weighted by molar-refractivity contribution is 0.100. The van der Waals surface area contributed by atoms with Gasteiger partial charge in [-0.3, -0.25) is 4.79 Å². The van der Waals surface area contributed by atoms with Crippen LogP contribution in [-0.2, 0) is 6.54 Å². The van der Waals surface area contributed by atoms with E-state index in [-0.39, 0.29) is 5.91 Å². The Balaban J connectivity index is 2.09. The van der Waals surface area contributed by atoms with Gasteiger partial charge in [-0.25, -0.2) is 0 Å². The minimum atomic E-state index is -0.348. The molecular formula is C14H25N3OS. The average Bonchev–Trinajstić information content (AvgIpc) is 2.82. The van der Waals surface area contributed by atoms with Gasteiger partial charge in [0.05, 0.1) is 5.56 Å². The minimum Gasteiger partial charge on any atom is -0.366 e. The number of unbranched alkanes of at least 4 members (excludes halogenated alkanes) is 1. The monoisotopic (exact) mass is 283 g/mol. The second kappa shape index (κ2) is 8.30. The number of nitrogens with two attached hydrogens (primary N) is 1. The summed E-state index contributed by atoms with van der Waals surface area (Å²) in [4.78, 5) is 14.5. The topological polar surface area (TPSA) is 58.4 Å². The maximum atomic E-state index is 11.0. The molecule has 1 aromatic heterocycles. The predicted molar refractivity (Wildman–Crippen MR) is 81.5 cm³/mol. The summed E-state index contributed by atoms with van der Waals surface area (Å²) in [5.41, 5.74) is 5.83. The molecule has 1 rings (SSSR count). The summed E-state index contributed by atoms with van der Waals surface area (Å²) in [6.07, 6.45) is 2.38. The molecular weight excluding hydrogens is 258 g/mol. The van der Waals surface area contributed by atoms with Gasteiger partial charge < -0.3 is 16.0 Å². The fourth-order valence-electron chi connectivity index (χ4n) is 1.68. The Morgan fingerprint density at radius 1 is 1.47 bits per heavy atom. The number of rotatable bonds is 9. The second-order valence-electron chi connectivity index (χ2n) is 5.12. The maximum absolute atomic E-state index is 11.0. The summed E-state index contributed by atoms with van der Waals surface area (Å²) in [6.45, 7) is 7.40. The SMILES string of the molecule is CC(C)N(C)CCCCNCc1cc(C(N)=O)cs1. The lowest BCUT2D eigenvalue weighted by Crippen LogP contribution is -2.27. The molecule has 0 aromatic carbocycles. The second-order valence-corrected chi connectivity index (χ2v) is 6.12. The summed E-state index contributed by atoms with van der Waals surface area (Å²) in [6, 6.07) is 2.48.